The van der Waals surface area contributed by atoms with Crippen LogP contribution < -0.4 is 5.32 Å². The molecule has 0 radical (unpaired) electrons. The summed E-state index contributed by atoms with van der Waals surface area (Å²) in [6, 6.07) is 10.2. The Kier molecular flexibility index (Phi) is 5.28. The molecule has 0 bridgehead atoms. The molecular formula is C24H36N2O. The van der Waals surface area contributed by atoms with Gasteiger partial charge in [0.25, 0.3) is 0 Å². The van der Waals surface area contributed by atoms with E-state index >= 15 is 0 Å². The van der Waals surface area contributed by atoms with Crippen LogP contribution in [0.25, 0.3) is 0 Å². The normalized spacial score (nSPS) is 29.9. The summed E-state index contributed by atoms with van der Waals surface area (Å²) in [5.41, 5.74) is 3.97. The molecule has 1 spiro atoms. The van der Waals surface area contributed by atoms with E-state index in [-0.39, 0.29) is 0 Å². The maximum absolute atomic E-state index is 5.56. The van der Waals surface area contributed by atoms with Crippen LogP contribution in [0.4, 0.5) is 0 Å². The average Bonchev–Trinajstić information content (AvgIpc) is 3.16. The summed E-state index contributed by atoms with van der Waals surface area (Å²) in [5.74, 6) is 1.60. The van der Waals surface area contributed by atoms with Gasteiger partial charge in [0.15, 0.2) is 0 Å². The number of ether oxygens (including phenoxy) is 1. The first-order chi connectivity index (χ1) is 13.3. The Hall–Kier alpha value is -0.900. The first kappa shape index (κ1) is 18.1. The lowest BCUT2D eigenvalue weighted by atomic mass is 9.79. The van der Waals surface area contributed by atoms with Crippen molar-refractivity contribution in [1.29, 1.82) is 0 Å². The number of hydrogen-bond acceptors (Lipinski definition) is 3. The molecule has 0 amide bonds. The zero-order valence-electron chi connectivity index (χ0n) is 16.8. The van der Waals surface area contributed by atoms with Gasteiger partial charge in [-0.05, 0) is 92.8 Å². The predicted octanol–water partition coefficient (Wildman–Crippen LogP) is 3.98. The fraction of sp³-hybridized carbons (Fsp3) is 0.750. The minimum Gasteiger partial charge on any atom is -0.381 e. The van der Waals surface area contributed by atoms with E-state index in [0.29, 0.717) is 5.41 Å². The Morgan fingerprint density at radius 3 is 2.48 bits per heavy atom. The number of rotatable bonds is 4. The lowest BCUT2D eigenvalue weighted by molar-refractivity contribution is 0.0664. The van der Waals surface area contributed by atoms with E-state index < -0.39 is 0 Å². The maximum atomic E-state index is 5.56. The highest BCUT2D eigenvalue weighted by Gasteiger charge is 2.45. The summed E-state index contributed by atoms with van der Waals surface area (Å²) < 4.78 is 5.56. The largest absolute Gasteiger partial charge is 0.381 e. The van der Waals surface area contributed by atoms with Crippen LogP contribution in [0.15, 0.2) is 24.3 Å². The molecule has 1 saturated carbocycles. The second-order valence-electron chi connectivity index (χ2n) is 9.77. The van der Waals surface area contributed by atoms with Crippen LogP contribution in [0.3, 0.4) is 0 Å². The first-order valence-corrected chi connectivity index (χ1v) is 11.4. The molecule has 0 unspecified atom stereocenters. The molecule has 1 aromatic rings. The highest BCUT2D eigenvalue weighted by atomic mass is 16.5. The number of likely N-dealkylation sites (tertiary alicyclic amines) is 1. The second kappa shape index (κ2) is 7.85. The van der Waals surface area contributed by atoms with E-state index in [4.69, 9.17) is 4.74 Å². The summed E-state index contributed by atoms with van der Waals surface area (Å²) in [7, 11) is 0. The number of nitrogens with zero attached hydrogens (tertiary/aromatic N) is 1. The standard InChI is InChI=1S/C24H36N2O/c1-2-4-23(21(3-1)15-19-8-13-27-14-9-19)20-6-11-26(12-7-20)22-5-10-24(16-22)17-25-18-24/h1-4,19-20,22,25H,5-18H2/t22-/m1/s1. The van der Waals surface area contributed by atoms with E-state index in [9.17, 15) is 0 Å². The van der Waals surface area contributed by atoms with Crippen molar-refractivity contribution in [3.05, 3.63) is 35.4 Å². The van der Waals surface area contributed by atoms with Crippen LogP contribution in [0.1, 0.15) is 62.0 Å². The molecule has 3 saturated heterocycles. The van der Waals surface area contributed by atoms with Gasteiger partial charge in [0.05, 0.1) is 0 Å². The predicted molar refractivity (Wildman–Crippen MR) is 110 cm³/mol. The first-order valence-electron chi connectivity index (χ1n) is 11.4. The molecule has 1 aliphatic carbocycles. The zero-order chi connectivity index (χ0) is 18.1. The maximum Gasteiger partial charge on any atom is 0.0468 e. The monoisotopic (exact) mass is 368 g/mol. The average molecular weight is 369 g/mol. The van der Waals surface area contributed by atoms with Crippen molar-refractivity contribution in [2.75, 3.05) is 39.4 Å². The third-order valence-electron chi connectivity index (χ3n) is 8.07. The smallest absolute Gasteiger partial charge is 0.0468 e. The Morgan fingerprint density at radius 1 is 1.00 bits per heavy atom. The minimum absolute atomic E-state index is 0.678. The molecule has 5 rings (SSSR count). The quantitative estimate of drug-likeness (QED) is 0.870. The zero-order valence-corrected chi connectivity index (χ0v) is 16.8. The number of nitrogens with one attached hydrogen (secondary N) is 1. The molecule has 0 aromatic heterocycles. The van der Waals surface area contributed by atoms with E-state index in [1.54, 1.807) is 11.1 Å². The van der Waals surface area contributed by atoms with Gasteiger partial charge in [-0.3, -0.25) is 0 Å². The number of piperidine rings is 1. The fourth-order valence-corrected chi connectivity index (χ4v) is 6.24. The third-order valence-corrected chi connectivity index (χ3v) is 8.07. The summed E-state index contributed by atoms with van der Waals surface area (Å²) in [4.78, 5) is 2.84. The van der Waals surface area contributed by atoms with Gasteiger partial charge in [-0.2, -0.15) is 0 Å². The molecular weight excluding hydrogens is 332 g/mol. The van der Waals surface area contributed by atoms with E-state index in [2.05, 4.69) is 34.5 Å². The van der Waals surface area contributed by atoms with Crippen molar-refractivity contribution in [3.63, 3.8) is 0 Å². The van der Waals surface area contributed by atoms with Gasteiger partial charge in [-0.1, -0.05) is 24.3 Å². The fourth-order valence-electron chi connectivity index (χ4n) is 6.24. The molecule has 3 heteroatoms. The molecule has 148 valence electrons. The van der Waals surface area contributed by atoms with Crippen LogP contribution in [0, 0.1) is 11.3 Å². The summed E-state index contributed by atoms with van der Waals surface area (Å²) in [5, 5.41) is 3.51. The summed E-state index contributed by atoms with van der Waals surface area (Å²) in [6.07, 6.45) is 10.8. The van der Waals surface area contributed by atoms with Crippen molar-refractivity contribution in [2.45, 2.75) is 63.3 Å². The highest BCUT2D eigenvalue weighted by molar-refractivity contribution is 5.31. The Bertz CT molecular complexity index is 627. The molecule has 3 heterocycles. The van der Waals surface area contributed by atoms with Crippen LogP contribution in [0.5, 0.6) is 0 Å². The minimum atomic E-state index is 0.678. The second-order valence-corrected chi connectivity index (χ2v) is 9.77. The number of benzene rings is 1. The third kappa shape index (κ3) is 3.83. The molecule has 3 nitrogen and oxygen atoms in total. The van der Waals surface area contributed by atoms with Crippen LogP contribution in [0.2, 0.25) is 0 Å². The molecule has 1 atom stereocenters. The van der Waals surface area contributed by atoms with Gasteiger partial charge in [0, 0.05) is 32.3 Å². The molecule has 4 aliphatic rings. The topological polar surface area (TPSA) is 24.5 Å². The van der Waals surface area contributed by atoms with E-state index in [0.717, 1.165) is 31.1 Å². The van der Waals surface area contributed by atoms with Gasteiger partial charge < -0.3 is 15.0 Å². The highest BCUT2D eigenvalue weighted by Crippen LogP contribution is 2.44. The molecule has 27 heavy (non-hydrogen) atoms. The molecule has 3 aliphatic heterocycles. The Labute approximate surface area is 164 Å². The van der Waals surface area contributed by atoms with Gasteiger partial charge >= 0.3 is 0 Å². The molecule has 1 N–H and O–H groups in total. The van der Waals surface area contributed by atoms with Crippen LogP contribution >= 0.6 is 0 Å². The van der Waals surface area contributed by atoms with Crippen molar-refractivity contribution in [2.24, 2.45) is 11.3 Å². The Morgan fingerprint density at radius 2 is 1.78 bits per heavy atom. The van der Waals surface area contributed by atoms with Crippen molar-refractivity contribution in [1.82, 2.24) is 10.2 Å². The summed E-state index contributed by atoms with van der Waals surface area (Å²) >= 11 is 0. The lowest BCUT2D eigenvalue weighted by Gasteiger charge is -2.41. The molecule has 1 aromatic carbocycles. The number of hydrogen-bond donors (Lipinski definition) is 1. The van der Waals surface area contributed by atoms with Crippen LogP contribution in [-0.2, 0) is 11.2 Å². The van der Waals surface area contributed by atoms with Crippen molar-refractivity contribution in [3.8, 4) is 0 Å². The van der Waals surface area contributed by atoms with Crippen LogP contribution in [-0.4, -0.2) is 50.3 Å². The van der Waals surface area contributed by atoms with E-state index in [1.807, 2.05) is 0 Å². The van der Waals surface area contributed by atoms with Gasteiger partial charge in [0.1, 0.15) is 0 Å². The SMILES string of the molecule is c1ccc(C2CCN([C@@H]3CCC4(CNC4)C3)CC2)c(CC2CCOCC2)c1. The summed E-state index contributed by atoms with van der Waals surface area (Å²) in [6.45, 7) is 7.10. The van der Waals surface area contributed by atoms with Gasteiger partial charge in [-0.15, -0.1) is 0 Å². The van der Waals surface area contributed by atoms with Gasteiger partial charge in [0.2, 0.25) is 0 Å². The van der Waals surface area contributed by atoms with E-state index in [1.165, 1.54) is 77.5 Å². The van der Waals surface area contributed by atoms with Crippen molar-refractivity contribution >= 4 is 0 Å². The van der Waals surface area contributed by atoms with Gasteiger partial charge in [-0.25, -0.2) is 0 Å². The van der Waals surface area contributed by atoms with Crippen molar-refractivity contribution < 1.29 is 4.74 Å². The Balaban J connectivity index is 1.19. The lowest BCUT2D eigenvalue weighted by Crippen LogP contribution is -2.52. The molecule has 4 fully saturated rings.